The molecule has 2 heterocycles. The van der Waals surface area contributed by atoms with Crippen LogP contribution in [0.1, 0.15) is 35.3 Å². The molecule has 5 rings (SSSR count). The van der Waals surface area contributed by atoms with Crippen LogP contribution in [-0.2, 0) is 11.3 Å². The summed E-state index contributed by atoms with van der Waals surface area (Å²) >= 11 is 11.8. The molecule has 0 atom stereocenters. The maximum Gasteiger partial charge on any atom is 0.259 e. The lowest BCUT2D eigenvalue weighted by Gasteiger charge is -2.29. The molecule has 1 fully saturated rings. The number of nitriles is 1. The van der Waals surface area contributed by atoms with Crippen molar-refractivity contribution in [2.75, 3.05) is 9.80 Å². The monoisotopic (exact) mass is 546 g/mol. The molecule has 0 saturated carbocycles. The number of hydrogen-bond donors (Lipinski definition) is 2. The summed E-state index contributed by atoms with van der Waals surface area (Å²) in [5.41, 5.74) is 2.09. The lowest BCUT2D eigenvalue weighted by molar-refractivity contribution is -0.120. The molecule has 0 bridgehead atoms. The molecule has 0 aliphatic carbocycles. The topological polar surface area (TPSA) is 105 Å². The molecule has 8 nitrogen and oxygen atoms in total. The summed E-state index contributed by atoms with van der Waals surface area (Å²) in [6.45, 7) is 3.34. The molecule has 3 aromatic carbocycles. The molecular formula is C27H20ClFN6O2S. The van der Waals surface area contributed by atoms with E-state index in [0.29, 0.717) is 22.5 Å². The third kappa shape index (κ3) is 4.26. The predicted octanol–water partition coefficient (Wildman–Crippen LogP) is 5.07. The molecule has 1 aromatic heterocycles. The van der Waals surface area contributed by atoms with E-state index in [-0.39, 0.29) is 39.6 Å². The van der Waals surface area contributed by atoms with Crippen LogP contribution in [-0.4, -0.2) is 32.4 Å². The highest BCUT2D eigenvalue weighted by Gasteiger charge is 2.50. The first-order chi connectivity index (χ1) is 18.1. The Balaban J connectivity index is 1.36. The van der Waals surface area contributed by atoms with Gasteiger partial charge in [0.25, 0.3) is 11.8 Å². The van der Waals surface area contributed by atoms with E-state index in [1.54, 1.807) is 61.5 Å². The molecule has 4 aromatic rings. The van der Waals surface area contributed by atoms with Crippen LogP contribution in [0.15, 0.2) is 60.9 Å². The fourth-order valence-corrected chi connectivity index (χ4v) is 5.10. The molecule has 0 spiro atoms. The summed E-state index contributed by atoms with van der Waals surface area (Å²) in [7, 11) is 0. The second kappa shape index (κ2) is 9.52. The van der Waals surface area contributed by atoms with Crippen molar-refractivity contribution >= 4 is 63.2 Å². The number of thiocarbonyl (C=S) groups is 1. The summed E-state index contributed by atoms with van der Waals surface area (Å²) in [6, 6.07) is 16.1. The van der Waals surface area contributed by atoms with Gasteiger partial charge in [0.15, 0.2) is 5.11 Å². The zero-order valence-electron chi connectivity index (χ0n) is 20.3. The van der Waals surface area contributed by atoms with E-state index in [9.17, 15) is 9.59 Å². The summed E-state index contributed by atoms with van der Waals surface area (Å²) in [5, 5.41) is 12.2. The number of aromatic nitrogens is 2. The molecule has 2 amide bonds. The largest absolute Gasteiger partial charge is 0.348 e. The van der Waals surface area contributed by atoms with Crippen molar-refractivity contribution in [3.05, 3.63) is 88.5 Å². The van der Waals surface area contributed by atoms with Gasteiger partial charge in [0.2, 0.25) is 0 Å². The molecule has 11 heteroatoms. The normalized spacial score (nSPS) is 14.7. The van der Waals surface area contributed by atoms with Gasteiger partial charge in [-0.3, -0.25) is 14.5 Å². The van der Waals surface area contributed by atoms with E-state index >= 15 is 4.39 Å². The summed E-state index contributed by atoms with van der Waals surface area (Å²) in [6.07, 6.45) is 1.54. The van der Waals surface area contributed by atoms with Gasteiger partial charge < -0.3 is 15.2 Å². The fourth-order valence-electron chi connectivity index (χ4n) is 4.36. The van der Waals surface area contributed by atoms with E-state index in [4.69, 9.17) is 29.1 Å². The molecule has 0 unspecified atom stereocenters. The van der Waals surface area contributed by atoms with Crippen LogP contribution in [0.25, 0.3) is 11.0 Å². The highest BCUT2D eigenvalue weighted by molar-refractivity contribution is 7.81. The number of fused-ring (bicyclic) bond motifs is 1. The molecule has 1 aliphatic rings. The Morgan fingerprint density at radius 1 is 1.18 bits per heavy atom. The Kier molecular flexibility index (Phi) is 6.34. The van der Waals surface area contributed by atoms with Crippen molar-refractivity contribution in [3.8, 4) is 6.07 Å². The van der Waals surface area contributed by atoms with E-state index in [2.05, 4.69) is 15.3 Å². The second-order valence-corrected chi connectivity index (χ2v) is 9.96. The predicted molar refractivity (Wildman–Crippen MR) is 146 cm³/mol. The smallest absolute Gasteiger partial charge is 0.259 e. The first kappa shape index (κ1) is 25.3. The average molecular weight is 547 g/mol. The first-order valence-electron chi connectivity index (χ1n) is 11.5. The van der Waals surface area contributed by atoms with Crippen molar-refractivity contribution in [2.24, 2.45) is 0 Å². The van der Waals surface area contributed by atoms with Gasteiger partial charge in [0.05, 0.1) is 33.6 Å². The average Bonchev–Trinajstić information content (AvgIpc) is 3.42. The maximum atomic E-state index is 15.2. The van der Waals surface area contributed by atoms with E-state index in [0.717, 1.165) is 5.52 Å². The number of benzene rings is 3. The van der Waals surface area contributed by atoms with Crippen LogP contribution in [0.5, 0.6) is 0 Å². The highest BCUT2D eigenvalue weighted by atomic mass is 35.5. The molecule has 0 radical (unpaired) electrons. The number of amides is 2. The van der Waals surface area contributed by atoms with Crippen molar-refractivity contribution in [2.45, 2.75) is 25.9 Å². The molecule has 1 aliphatic heterocycles. The van der Waals surface area contributed by atoms with Gasteiger partial charge >= 0.3 is 0 Å². The van der Waals surface area contributed by atoms with Gasteiger partial charge in [-0.15, -0.1) is 0 Å². The van der Waals surface area contributed by atoms with Gasteiger partial charge in [-0.05, 0) is 74.6 Å². The number of anilines is 2. The van der Waals surface area contributed by atoms with Crippen molar-refractivity contribution in [1.82, 2.24) is 15.3 Å². The lowest BCUT2D eigenvalue weighted by Crippen LogP contribution is -2.44. The Hall–Kier alpha value is -4.33. The van der Waals surface area contributed by atoms with Crippen molar-refractivity contribution < 1.29 is 14.0 Å². The van der Waals surface area contributed by atoms with Gasteiger partial charge in [0, 0.05) is 23.4 Å². The Bertz CT molecular complexity index is 1680. The van der Waals surface area contributed by atoms with Gasteiger partial charge in [-0.25, -0.2) is 9.37 Å². The summed E-state index contributed by atoms with van der Waals surface area (Å²) < 4.78 is 15.2. The van der Waals surface area contributed by atoms with E-state index in [1.807, 2.05) is 6.07 Å². The van der Waals surface area contributed by atoms with Gasteiger partial charge in [0.1, 0.15) is 17.4 Å². The highest BCUT2D eigenvalue weighted by Crippen LogP contribution is 2.37. The van der Waals surface area contributed by atoms with E-state index in [1.165, 1.54) is 23.1 Å². The minimum Gasteiger partial charge on any atom is -0.348 e. The van der Waals surface area contributed by atoms with Crippen LogP contribution in [0.3, 0.4) is 0 Å². The fraction of sp³-hybridized carbons (Fsp3) is 0.148. The molecule has 190 valence electrons. The zero-order chi connectivity index (χ0) is 27.2. The number of nitrogens with one attached hydrogen (secondary N) is 2. The summed E-state index contributed by atoms with van der Waals surface area (Å²) in [4.78, 5) is 36.0. The SMILES string of the molecule is CC1(C)C(=O)N(c2ccc(C#N)c(Cl)c2)C(=S)N1c1ccc(CNC(=O)c2ccc3[nH]cnc3c2)c(F)c1. The third-order valence-corrected chi connectivity index (χ3v) is 7.10. The first-order valence-corrected chi connectivity index (χ1v) is 12.3. The van der Waals surface area contributed by atoms with Crippen LogP contribution in [0.2, 0.25) is 5.02 Å². The van der Waals surface area contributed by atoms with Gasteiger partial charge in [-0.2, -0.15) is 5.26 Å². The number of halogens is 2. The molecule has 1 saturated heterocycles. The van der Waals surface area contributed by atoms with Crippen LogP contribution in [0, 0.1) is 17.1 Å². The minimum absolute atomic E-state index is 0.0355. The van der Waals surface area contributed by atoms with Crippen LogP contribution >= 0.6 is 23.8 Å². The Morgan fingerprint density at radius 3 is 2.66 bits per heavy atom. The minimum atomic E-state index is -1.12. The summed E-state index contributed by atoms with van der Waals surface area (Å²) in [5.74, 6) is -1.24. The Labute approximate surface area is 227 Å². The van der Waals surface area contributed by atoms with Gasteiger partial charge in [-0.1, -0.05) is 17.7 Å². The van der Waals surface area contributed by atoms with Crippen LogP contribution < -0.4 is 15.1 Å². The lowest BCUT2D eigenvalue weighted by atomic mass is 10.0. The van der Waals surface area contributed by atoms with Crippen molar-refractivity contribution in [1.29, 1.82) is 5.26 Å². The molecular weight excluding hydrogens is 527 g/mol. The number of nitrogens with zero attached hydrogens (tertiary/aromatic N) is 4. The number of H-pyrrole nitrogens is 1. The third-order valence-electron chi connectivity index (χ3n) is 6.42. The zero-order valence-corrected chi connectivity index (χ0v) is 21.8. The van der Waals surface area contributed by atoms with Crippen molar-refractivity contribution in [3.63, 3.8) is 0 Å². The number of rotatable bonds is 5. The standard InChI is InChI=1S/C27H20ClFN6O2S/c1-27(2)25(37)34(18-6-3-16(12-30)20(28)10-18)26(38)35(27)19-7-4-17(21(29)11-19)13-31-24(36)15-5-8-22-23(9-15)33-14-32-22/h3-11,14H,13H2,1-2H3,(H,31,36)(H,32,33). The molecule has 38 heavy (non-hydrogen) atoms. The number of aromatic amines is 1. The number of hydrogen-bond acceptors (Lipinski definition) is 5. The second-order valence-electron chi connectivity index (χ2n) is 9.19. The number of imidazole rings is 1. The quantitative estimate of drug-likeness (QED) is 0.338. The Morgan fingerprint density at radius 2 is 1.95 bits per heavy atom. The maximum absolute atomic E-state index is 15.2. The molecule has 2 N–H and O–H groups in total. The number of carbonyl (C=O) groups excluding carboxylic acids is 2. The van der Waals surface area contributed by atoms with E-state index < -0.39 is 11.4 Å². The van der Waals surface area contributed by atoms with Crippen LogP contribution in [0.4, 0.5) is 15.8 Å². The number of carbonyl (C=O) groups is 2.